The number of rotatable bonds is 4. The molecule has 0 spiro atoms. The fourth-order valence-electron chi connectivity index (χ4n) is 1.01. The Hall–Kier alpha value is -1.36. The van der Waals surface area contributed by atoms with E-state index in [2.05, 4.69) is 14.6 Å². The van der Waals surface area contributed by atoms with Gasteiger partial charge in [0.05, 0.1) is 13.4 Å². The molecule has 0 radical (unpaired) electrons. The average Bonchev–Trinajstić information content (AvgIpc) is 2.62. The molecule has 14 heavy (non-hydrogen) atoms. The molecule has 5 nitrogen and oxygen atoms in total. The fourth-order valence-corrected chi connectivity index (χ4v) is 1.01. The van der Waals surface area contributed by atoms with Gasteiger partial charge in [-0.3, -0.25) is 0 Å². The van der Waals surface area contributed by atoms with Gasteiger partial charge in [-0.15, -0.1) is 0 Å². The van der Waals surface area contributed by atoms with Gasteiger partial charge in [0.2, 0.25) is 0 Å². The molecule has 0 N–H and O–H groups in total. The summed E-state index contributed by atoms with van der Waals surface area (Å²) in [6.45, 7) is 1.73. The summed E-state index contributed by atoms with van der Waals surface area (Å²) < 4.78 is 6.42. The van der Waals surface area contributed by atoms with Gasteiger partial charge in [-0.1, -0.05) is 0 Å². The van der Waals surface area contributed by atoms with Crippen molar-refractivity contribution in [2.24, 2.45) is 0 Å². The molecule has 0 bridgehead atoms. The molecule has 1 heterocycles. The van der Waals surface area contributed by atoms with Gasteiger partial charge in [0.1, 0.15) is 0 Å². The van der Waals surface area contributed by atoms with E-state index in [1.54, 1.807) is 12.5 Å². The van der Waals surface area contributed by atoms with E-state index in [4.69, 9.17) is 0 Å². The number of methoxy groups -OCH3 is 1. The first-order valence-electron chi connectivity index (χ1n) is 4.38. The number of esters is 1. The largest absolute Gasteiger partial charge is 0.464 e. The maximum absolute atomic E-state index is 11.1. The van der Waals surface area contributed by atoms with Crippen LogP contribution in [0, 0.1) is 0 Å². The molecule has 1 aromatic heterocycles. The van der Waals surface area contributed by atoms with Crippen LogP contribution in [0.2, 0.25) is 0 Å². The van der Waals surface area contributed by atoms with Crippen molar-refractivity contribution in [3.63, 3.8) is 0 Å². The van der Waals surface area contributed by atoms with E-state index < -0.39 is 5.97 Å². The maximum atomic E-state index is 11.1. The third-order valence-electron chi connectivity index (χ3n) is 1.83. The monoisotopic (exact) mass is 197 g/mol. The van der Waals surface area contributed by atoms with Gasteiger partial charge in [-0.05, 0) is 14.1 Å². The Kier molecular flexibility index (Phi) is 3.64. The molecule has 0 aliphatic rings. The second-order valence-corrected chi connectivity index (χ2v) is 3.29. The summed E-state index contributed by atoms with van der Waals surface area (Å²) in [6.07, 6.45) is 3.32. The zero-order valence-corrected chi connectivity index (χ0v) is 8.73. The number of imidazole rings is 1. The van der Waals surface area contributed by atoms with Crippen molar-refractivity contribution in [3.8, 4) is 0 Å². The average molecular weight is 197 g/mol. The Morgan fingerprint density at radius 3 is 2.93 bits per heavy atom. The molecule has 5 heteroatoms. The third-order valence-corrected chi connectivity index (χ3v) is 1.83. The smallest absolute Gasteiger partial charge is 0.358 e. The molecule has 1 rings (SSSR count). The molecule has 1 aromatic rings. The van der Waals surface area contributed by atoms with Crippen LogP contribution in [-0.4, -0.2) is 48.2 Å². The van der Waals surface area contributed by atoms with E-state index >= 15 is 0 Å². The van der Waals surface area contributed by atoms with Crippen molar-refractivity contribution in [1.29, 1.82) is 0 Å². The number of nitrogens with zero attached hydrogens (tertiary/aromatic N) is 3. The van der Waals surface area contributed by atoms with Gasteiger partial charge in [0, 0.05) is 19.3 Å². The zero-order valence-electron chi connectivity index (χ0n) is 8.73. The van der Waals surface area contributed by atoms with Crippen LogP contribution in [0.1, 0.15) is 10.5 Å². The highest BCUT2D eigenvalue weighted by Gasteiger charge is 2.08. The van der Waals surface area contributed by atoms with Crippen molar-refractivity contribution in [2.45, 2.75) is 6.54 Å². The normalized spacial score (nSPS) is 10.6. The summed E-state index contributed by atoms with van der Waals surface area (Å²) >= 11 is 0. The molecule has 0 fully saturated rings. The van der Waals surface area contributed by atoms with Crippen molar-refractivity contribution >= 4 is 5.97 Å². The van der Waals surface area contributed by atoms with Crippen molar-refractivity contribution in [1.82, 2.24) is 14.5 Å². The lowest BCUT2D eigenvalue weighted by molar-refractivity contribution is 0.0594. The van der Waals surface area contributed by atoms with Gasteiger partial charge in [-0.25, -0.2) is 9.78 Å². The predicted octanol–water partition coefficient (Wildman–Crippen LogP) is 0.231. The van der Waals surface area contributed by atoms with Crippen molar-refractivity contribution in [3.05, 3.63) is 18.2 Å². The minimum absolute atomic E-state index is 0.353. The second-order valence-electron chi connectivity index (χ2n) is 3.29. The van der Waals surface area contributed by atoms with E-state index in [-0.39, 0.29) is 0 Å². The van der Waals surface area contributed by atoms with Gasteiger partial charge in [-0.2, -0.15) is 0 Å². The Balaban J connectivity index is 2.55. The van der Waals surface area contributed by atoms with Crippen LogP contribution in [0.15, 0.2) is 12.5 Å². The summed E-state index contributed by atoms with van der Waals surface area (Å²) in [5.74, 6) is -0.395. The Bertz CT molecular complexity index is 307. The van der Waals surface area contributed by atoms with Crippen LogP contribution in [0.5, 0.6) is 0 Å². The quantitative estimate of drug-likeness (QED) is 0.648. The lowest BCUT2D eigenvalue weighted by Gasteiger charge is -2.08. The molecule has 0 unspecified atom stereocenters. The first-order chi connectivity index (χ1) is 6.63. The molecule has 0 saturated carbocycles. The number of carbonyl (C=O) groups excluding carboxylic acids is 1. The van der Waals surface area contributed by atoms with E-state index in [9.17, 15) is 4.79 Å². The van der Waals surface area contributed by atoms with Gasteiger partial charge in [0.15, 0.2) is 5.69 Å². The first kappa shape index (κ1) is 10.7. The molecule has 78 valence electrons. The third kappa shape index (κ3) is 2.85. The Labute approximate surface area is 83.3 Å². The van der Waals surface area contributed by atoms with Gasteiger partial charge < -0.3 is 14.2 Å². The minimum atomic E-state index is -0.395. The number of ether oxygens (including phenoxy) is 1. The predicted molar refractivity (Wildman–Crippen MR) is 52.1 cm³/mol. The summed E-state index contributed by atoms with van der Waals surface area (Å²) in [4.78, 5) is 17.1. The van der Waals surface area contributed by atoms with Crippen LogP contribution >= 0.6 is 0 Å². The molecule has 0 saturated heterocycles. The lowest BCUT2D eigenvalue weighted by Crippen LogP contribution is -2.17. The highest BCUT2D eigenvalue weighted by molar-refractivity contribution is 5.86. The molecule has 0 aliphatic heterocycles. The lowest BCUT2D eigenvalue weighted by atomic mass is 10.5. The molecule has 0 atom stereocenters. The second kappa shape index (κ2) is 4.76. The SMILES string of the molecule is COC(=O)c1cn(CCN(C)C)cn1. The number of hydrogen-bond donors (Lipinski definition) is 0. The highest BCUT2D eigenvalue weighted by Crippen LogP contribution is 1.98. The standard InChI is InChI=1S/C9H15N3O2/c1-11(2)4-5-12-6-8(10-7-12)9(13)14-3/h6-7H,4-5H2,1-3H3. The zero-order chi connectivity index (χ0) is 10.6. The van der Waals surface area contributed by atoms with Crippen LogP contribution in [0.3, 0.4) is 0 Å². The summed E-state index contributed by atoms with van der Waals surface area (Å²) in [5, 5.41) is 0. The number of carbonyl (C=O) groups is 1. The first-order valence-corrected chi connectivity index (χ1v) is 4.38. The van der Waals surface area contributed by atoms with Crippen LogP contribution in [0.4, 0.5) is 0 Å². The Morgan fingerprint density at radius 2 is 2.36 bits per heavy atom. The van der Waals surface area contributed by atoms with E-state index in [0.717, 1.165) is 13.1 Å². The van der Waals surface area contributed by atoms with Gasteiger partial charge in [0.25, 0.3) is 0 Å². The highest BCUT2D eigenvalue weighted by atomic mass is 16.5. The van der Waals surface area contributed by atoms with Crippen molar-refractivity contribution < 1.29 is 9.53 Å². The topological polar surface area (TPSA) is 47.4 Å². The van der Waals surface area contributed by atoms with E-state index in [1.165, 1.54) is 7.11 Å². The van der Waals surface area contributed by atoms with Crippen molar-refractivity contribution in [2.75, 3.05) is 27.7 Å². The molecule has 0 aromatic carbocycles. The molecular weight excluding hydrogens is 182 g/mol. The number of aromatic nitrogens is 2. The van der Waals surface area contributed by atoms with Gasteiger partial charge >= 0.3 is 5.97 Å². The summed E-state index contributed by atoms with van der Waals surface area (Å²) in [5.41, 5.74) is 0.353. The number of likely N-dealkylation sites (N-methyl/N-ethyl adjacent to an activating group) is 1. The molecule has 0 aliphatic carbocycles. The molecular formula is C9H15N3O2. The molecule has 0 amide bonds. The Morgan fingerprint density at radius 1 is 1.64 bits per heavy atom. The van der Waals surface area contributed by atoms with E-state index in [1.807, 2.05) is 18.7 Å². The summed E-state index contributed by atoms with van der Waals surface area (Å²) in [7, 11) is 5.34. The maximum Gasteiger partial charge on any atom is 0.358 e. The van der Waals surface area contributed by atoms with E-state index in [0.29, 0.717) is 5.69 Å². The van der Waals surface area contributed by atoms with Crippen LogP contribution < -0.4 is 0 Å². The summed E-state index contributed by atoms with van der Waals surface area (Å²) in [6, 6.07) is 0. The van der Waals surface area contributed by atoms with Crippen LogP contribution in [-0.2, 0) is 11.3 Å². The fraction of sp³-hybridized carbons (Fsp3) is 0.556. The number of hydrogen-bond acceptors (Lipinski definition) is 4. The minimum Gasteiger partial charge on any atom is -0.464 e. The van der Waals surface area contributed by atoms with Crippen LogP contribution in [0.25, 0.3) is 0 Å².